The third-order valence-electron chi connectivity index (χ3n) is 6.65. The Morgan fingerprint density at radius 2 is 1.95 bits per heavy atom. The number of carbonyl (C=O) groups is 2. The molecule has 1 aromatic rings. The minimum atomic E-state index is -0.287. The topological polar surface area (TPSA) is 106 Å². The van der Waals surface area contributed by atoms with E-state index in [-0.39, 0.29) is 35.1 Å². The molecule has 2 fully saturated rings. The Hall–Kier alpha value is -2.30. The fraction of sp³-hybridized carbons (Fsp3) is 0.778. The Morgan fingerprint density at radius 3 is 2.59 bits per heavy atom. The lowest BCUT2D eigenvalue weighted by Crippen LogP contribution is -2.56. The first-order valence-corrected chi connectivity index (χ1v) is 13.5. The van der Waals surface area contributed by atoms with Gasteiger partial charge in [0.2, 0.25) is 11.8 Å². The molecule has 0 spiro atoms. The van der Waals surface area contributed by atoms with Crippen LogP contribution in [-0.4, -0.2) is 104 Å². The molecule has 2 amide bonds. The highest BCUT2D eigenvalue weighted by Gasteiger charge is 2.36. The molecule has 2 aliphatic rings. The van der Waals surface area contributed by atoms with Gasteiger partial charge >= 0.3 is 0 Å². The van der Waals surface area contributed by atoms with Crippen LogP contribution in [0.4, 0.5) is 0 Å². The molecule has 37 heavy (non-hydrogen) atoms. The summed E-state index contributed by atoms with van der Waals surface area (Å²) >= 11 is 0. The maximum absolute atomic E-state index is 14.0. The number of piperidine rings is 1. The lowest BCUT2D eigenvalue weighted by Gasteiger charge is -2.40. The van der Waals surface area contributed by atoms with Crippen molar-refractivity contribution in [3.63, 3.8) is 0 Å². The monoisotopic (exact) mass is 519 g/mol. The summed E-state index contributed by atoms with van der Waals surface area (Å²) in [6.45, 7) is 15.4. The molecule has 10 heteroatoms. The molecule has 1 N–H and O–H groups in total. The van der Waals surface area contributed by atoms with Gasteiger partial charge in [-0.15, -0.1) is 0 Å². The second-order valence-corrected chi connectivity index (χ2v) is 11.4. The van der Waals surface area contributed by atoms with Crippen LogP contribution in [0.2, 0.25) is 0 Å². The molecule has 2 saturated heterocycles. The first-order chi connectivity index (χ1) is 17.6. The molecule has 1 aromatic heterocycles. The van der Waals surface area contributed by atoms with Crippen molar-refractivity contribution in [3.05, 3.63) is 17.6 Å². The lowest BCUT2D eigenvalue weighted by molar-refractivity contribution is -0.140. The number of nitrogens with one attached hydrogen (secondary N) is 1. The Morgan fingerprint density at radius 1 is 1.22 bits per heavy atom. The number of aromatic nitrogens is 2. The highest BCUT2D eigenvalue weighted by atomic mass is 16.5. The van der Waals surface area contributed by atoms with Crippen molar-refractivity contribution in [3.8, 4) is 5.88 Å². The Labute approximate surface area is 221 Å². The summed E-state index contributed by atoms with van der Waals surface area (Å²) in [6.07, 6.45) is 2.90. The molecule has 0 aromatic carbocycles. The first-order valence-electron chi connectivity index (χ1n) is 13.5. The van der Waals surface area contributed by atoms with Crippen LogP contribution in [0, 0.1) is 11.8 Å². The van der Waals surface area contributed by atoms with Gasteiger partial charge in [-0.1, -0.05) is 34.6 Å². The van der Waals surface area contributed by atoms with Crippen LogP contribution in [0.1, 0.15) is 63.6 Å². The Balaban J connectivity index is 1.84. The zero-order valence-electron chi connectivity index (χ0n) is 23.4. The standard InChI is InChI=1S/C27H45N5O5/c1-19(2)18-32(21-14-20(15-28-16-21)24(33)31-8-12-36-13-9-31)25(34)22-17-29-26(27(3,4)5)30-23(22)37-11-7-10-35-6/h17,19-21,28H,7-16,18H2,1-6H3/t20-,21+/m1/s1. The van der Waals surface area contributed by atoms with E-state index in [2.05, 4.69) is 29.1 Å². The normalized spacial score (nSPS) is 20.7. The SMILES string of the molecule is COCCCOc1nc(C(C)(C)C)ncc1C(=O)N(CC(C)C)[C@@H]1CNC[C@H](C(=O)N2CCOCC2)C1. The van der Waals surface area contributed by atoms with Crippen molar-refractivity contribution in [2.24, 2.45) is 11.8 Å². The number of rotatable bonds is 10. The average Bonchev–Trinajstić information content (AvgIpc) is 2.89. The van der Waals surface area contributed by atoms with E-state index in [0.717, 1.165) is 0 Å². The Kier molecular flexibility index (Phi) is 10.7. The van der Waals surface area contributed by atoms with Crippen LogP contribution in [0.15, 0.2) is 6.20 Å². The predicted molar refractivity (Wildman–Crippen MR) is 141 cm³/mol. The molecule has 0 aliphatic carbocycles. The second kappa shape index (κ2) is 13.5. The third kappa shape index (κ3) is 8.09. The minimum Gasteiger partial charge on any atom is -0.477 e. The summed E-state index contributed by atoms with van der Waals surface area (Å²) in [5, 5.41) is 3.41. The van der Waals surface area contributed by atoms with E-state index in [1.807, 2.05) is 30.6 Å². The van der Waals surface area contributed by atoms with Crippen molar-refractivity contribution in [2.75, 3.05) is 66.3 Å². The molecule has 2 aliphatic heterocycles. The van der Waals surface area contributed by atoms with Crippen molar-refractivity contribution in [2.45, 2.75) is 58.9 Å². The maximum Gasteiger partial charge on any atom is 0.261 e. The number of morpholine rings is 1. The molecule has 3 heterocycles. The predicted octanol–water partition coefficient (Wildman–Crippen LogP) is 2.12. The summed E-state index contributed by atoms with van der Waals surface area (Å²) in [5.74, 6) is 0.972. The van der Waals surface area contributed by atoms with Gasteiger partial charge in [0.1, 0.15) is 11.4 Å². The summed E-state index contributed by atoms with van der Waals surface area (Å²) in [4.78, 5) is 40.2. The maximum atomic E-state index is 14.0. The van der Waals surface area contributed by atoms with Crippen molar-refractivity contribution >= 4 is 11.8 Å². The van der Waals surface area contributed by atoms with Crippen LogP contribution in [-0.2, 0) is 19.7 Å². The average molecular weight is 520 g/mol. The summed E-state index contributed by atoms with van der Waals surface area (Å²) in [7, 11) is 1.65. The van der Waals surface area contributed by atoms with Gasteiger partial charge in [0.15, 0.2) is 0 Å². The number of methoxy groups -OCH3 is 1. The molecule has 0 unspecified atom stereocenters. The van der Waals surface area contributed by atoms with Gasteiger partial charge in [-0.3, -0.25) is 9.59 Å². The highest BCUT2D eigenvalue weighted by molar-refractivity contribution is 5.96. The molecule has 0 bridgehead atoms. The van der Waals surface area contributed by atoms with Gasteiger partial charge < -0.3 is 29.3 Å². The van der Waals surface area contributed by atoms with Crippen LogP contribution < -0.4 is 10.1 Å². The molecule has 10 nitrogen and oxygen atoms in total. The number of hydrogen-bond donors (Lipinski definition) is 1. The van der Waals surface area contributed by atoms with Crippen molar-refractivity contribution < 1.29 is 23.8 Å². The van der Waals surface area contributed by atoms with Crippen molar-refractivity contribution in [1.29, 1.82) is 0 Å². The van der Waals surface area contributed by atoms with Gasteiger partial charge in [-0.05, 0) is 12.3 Å². The minimum absolute atomic E-state index is 0.123. The van der Waals surface area contributed by atoms with Crippen molar-refractivity contribution in [1.82, 2.24) is 25.1 Å². The van der Waals surface area contributed by atoms with E-state index in [0.29, 0.717) is 89.3 Å². The lowest BCUT2D eigenvalue weighted by atomic mass is 9.92. The zero-order valence-corrected chi connectivity index (χ0v) is 23.4. The number of nitrogens with zero attached hydrogens (tertiary/aromatic N) is 4. The van der Waals surface area contributed by atoms with Gasteiger partial charge in [0.05, 0.1) is 25.7 Å². The molecular weight excluding hydrogens is 474 g/mol. The number of amides is 2. The van der Waals surface area contributed by atoms with Gasteiger partial charge in [0, 0.05) is 70.5 Å². The molecule has 208 valence electrons. The highest BCUT2D eigenvalue weighted by Crippen LogP contribution is 2.27. The van der Waals surface area contributed by atoms with E-state index >= 15 is 0 Å². The number of ether oxygens (including phenoxy) is 3. The number of carbonyl (C=O) groups excluding carboxylic acids is 2. The number of hydrogen-bond acceptors (Lipinski definition) is 8. The molecule has 0 saturated carbocycles. The van der Waals surface area contributed by atoms with Crippen LogP contribution >= 0.6 is 0 Å². The second-order valence-electron chi connectivity index (χ2n) is 11.4. The molecular formula is C27H45N5O5. The fourth-order valence-corrected chi connectivity index (χ4v) is 4.69. The molecule has 0 radical (unpaired) electrons. The summed E-state index contributed by atoms with van der Waals surface area (Å²) in [5.41, 5.74) is 0.0669. The van der Waals surface area contributed by atoms with Gasteiger partial charge in [0.25, 0.3) is 5.91 Å². The molecule has 3 rings (SSSR count). The van der Waals surface area contributed by atoms with Crippen LogP contribution in [0.5, 0.6) is 5.88 Å². The van der Waals surface area contributed by atoms with E-state index in [1.54, 1.807) is 13.3 Å². The fourth-order valence-electron chi connectivity index (χ4n) is 4.69. The van der Waals surface area contributed by atoms with E-state index < -0.39 is 0 Å². The quantitative estimate of drug-likeness (QED) is 0.469. The first kappa shape index (κ1) is 29.3. The third-order valence-corrected chi connectivity index (χ3v) is 6.65. The van der Waals surface area contributed by atoms with E-state index in [4.69, 9.17) is 14.2 Å². The largest absolute Gasteiger partial charge is 0.477 e. The smallest absolute Gasteiger partial charge is 0.261 e. The Bertz CT molecular complexity index is 898. The summed E-state index contributed by atoms with van der Waals surface area (Å²) in [6, 6.07) is -0.123. The van der Waals surface area contributed by atoms with Crippen LogP contribution in [0.25, 0.3) is 0 Å². The van der Waals surface area contributed by atoms with Gasteiger partial charge in [-0.2, -0.15) is 4.98 Å². The zero-order chi connectivity index (χ0) is 27.0. The summed E-state index contributed by atoms with van der Waals surface area (Å²) < 4.78 is 16.6. The van der Waals surface area contributed by atoms with Crippen LogP contribution in [0.3, 0.4) is 0 Å². The van der Waals surface area contributed by atoms with E-state index in [1.165, 1.54) is 0 Å². The molecule has 2 atom stereocenters. The van der Waals surface area contributed by atoms with Gasteiger partial charge in [-0.25, -0.2) is 4.98 Å². The van der Waals surface area contributed by atoms with E-state index in [9.17, 15) is 9.59 Å².